The quantitative estimate of drug-likeness (QED) is 0.863. The van der Waals surface area contributed by atoms with Crippen molar-refractivity contribution < 1.29 is 19.4 Å². The van der Waals surface area contributed by atoms with Gasteiger partial charge in [0.1, 0.15) is 18.1 Å². The lowest BCUT2D eigenvalue weighted by Gasteiger charge is -2.11. The molecule has 0 aliphatic carbocycles. The summed E-state index contributed by atoms with van der Waals surface area (Å²) in [6.07, 6.45) is 0.0136. The highest BCUT2D eigenvalue weighted by atomic mass is 79.9. The third-order valence-electron chi connectivity index (χ3n) is 2.92. The van der Waals surface area contributed by atoms with Crippen LogP contribution in [0.4, 0.5) is 0 Å². The minimum atomic E-state index is -0.845. The molecule has 0 saturated carbocycles. The molecule has 4 nitrogen and oxygen atoms in total. The molecule has 0 aromatic heterocycles. The molecule has 0 spiro atoms. The zero-order chi connectivity index (χ0) is 15.2. The Morgan fingerprint density at radius 3 is 2.52 bits per heavy atom. The molecule has 0 unspecified atom stereocenters. The van der Waals surface area contributed by atoms with Gasteiger partial charge >= 0.3 is 5.97 Å². The molecule has 0 amide bonds. The molecular weight excluding hydrogens is 336 g/mol. The van der Waals surface area contributed by atoms with Gasteiger partial charge in [0.2, 0.25) is 0 Å². The second kappa shape index (κ2) is 7.13. The van der Waals surface area contributed by atoms with E-state index in [1.807, 2.05) is 18.2 Å². The van der Waals surface area contributed by atoms with Gasteiger partial charge in [0.05, 0.1) is 13.5 Å². The Bertz CT molecular complexity index is 623. The van der Waals surface area contributed by atoms with Gasteiger partial charge in [-0.1, -0.05) is 28.1 Å². The highest BCUT2D eigenvalue weighted by Crippen LogP contribution is 2.24. The molecule has 2 rings (SSSR count). The summed E-state index contributed by atoms with van der Waals surface area (Å²) in [6, 6.07) is 12.8. The Morgan fingerprint density at radius 1 is 1.19 bits per heavy atom. The van der Waals surface area contributed by atoms with Crippen LogP contribution in [-0.2, 0) is 17.8 Å². The highest BCUT2D eigenvalue weighted by Gasteiger charge is 2.05. The van der Waals surface area contributed by atoms with Crippen LogP contribution in [0.3, 0.4) is 0 Å². The number of carboxylic acid groups (broad SMARTS) is 1. The summed E-state index contributed by atoms with van der Waals surface area (Å²) in [5, 5.41) is 8.72. The Labute approximate surface area is 131 Å². The number of benzene rings is 2. The zero-order valence-electron chi connectivity index (χ0n) is 11.5. The monoisotopic (exact) mass is 350 g/mol. The van der Waals surface area contributed by atoms with E-state index in [-0.39, 0.29) is 6.42 Å². The van der Waals surface area contributed by atoms with Crippen LogP contribution in [0.25, 0.3) is 0 Å². The molecule has 21 heavy (non-hydrogen) atoms. The second-order valence-electron chi connectivity index (χ2n) is 4.46. The third kappa shape index (κ3) is 4.49. The fourth-order valence-electron chi connectivity index (χ4n) is 1.90. The van der Waals surface area contributed by atoms with Crippen LogP contribution in [0.1, 0.15) is 11.1 Å². The van der Waals surface area contributed by atoms with Crippen molar-refractivity contribution in [3.63, 3.8) is 0 Å². The first-order valence-corrected chi connectivity index (χ1v) is 7.13. The Balaban J connectivity index is 2.03. The second-order valence-corrected chi connectivity index (χ2v) is 5.37. The molecule has 0 saturated heterocycles. The Hall–Kier alpha value is -2.01. The van der Waals surface area contributed by atoms with Crippen molar-refractivity contribution in [3.05, 3.63) is 58.1 Å². The minimum Gasteiger partial charge on any atom is -0.496 e. The number of aliphatic carboxylic acids is 1. The summed E-state index contributed by atoms with van der Waals surface area (Å²) in [6.45, 7) is 0.376. The number of carboxylic acids is 1. The van der Waals surface area contributed by atoms with E-state index in [0.29, 0.717) is 12.4 Å². The number of carbonyl (C=O) groups is 1. The van der Waals surface area contributed by atoms with Gasteiger partial charge in [0.15, 0.2) is 0 Å². The van der Waals surface area contributed by atoms with Crippen LogP contribution in [0.5, 0.6) is 11.5 Å². The summed E-state index contributed by atoms with van der Waals surface area (Å²) in [7, 11) is 1.62. The number of hydrogen-bond donors (Lipinski definition) is 1. The van der Waals surface area contributed by atoms with Crippen LogP contribution in [0, 0.1) is 0 Å². The average Bonchev–Trinajstić information content (AvgIpc) is 2.46. The van der Waals surface area contributed by atoms with Gasteiger partial charge in [-0.25, -0.2) is 0 Å². The molecule has 110 valence electrons. The predicted octanol–water partition coefficient (Wildman–Crippen LogP) is 3.66. The van der Waals surface area contributed by atoms with Gasteiger partial charge in [0.25, 0.3) is 0 Å². The first-order chi connectivity index (χ1) is 10.1. The van der Waals surface area contributed by atoms with Crippen LogP contribution < -0.4 is 9.47 Å². The van der Waals surface area contributed by atoms with Crippen LogP contribution >= 0.6 is 15.9 Å². The maximum absolute atomic E-state index is 10.6. The molecular formula is C16H15BrO4. The summed E-state index contributed by atoms with van der Waals surface area (Å²) in [4.78, 5) is 10.6. The fourth-order valence-corrected chi connectivity index (χ4v) is 2.31. The van der Waals surface area contributed by atoms with E-state index in [9.17, 15) is 4.79 Å². The lowest BCUT2D eigenvalue weighted by atomic mass is 10.1. The van der Waals surface area contributed by atoms with E-state index in [1.54, 1.807) is 31.4 Å². The van der Waals surface area contributed by atoms with Crippen molar-refractivity contribution in [3.8, 4) is 11.5 Å². The normalized spacial score (nSPS) is 10.2. The highest BCUT2D eigenvalue weighted by molar-refractivity contribution is 9.10. The SMILES string of the molecule is COc1ccc(Br)cc1COc1ccc(CC(=O)O)cc1. The van der Waals surface area contributed by atoms with Crippen molar-refractivity contribution in [2.45, 2.75) is 13.0 Å². The first kappa shape index (κ1) is 15.4. The molecule has 0 fully saturated rings. The maximum atomic E-state index is 10.6. The minimum absolute atomic E-state index is 0.0136. The maximum Gasteiger partial charge on any atom is 0.307 e. The van der Waals surface area contributed by atoms with E-state index < -0.39 is 5.97 Å². The summed E-state index contributed by atoms with van der Waals surface area (Å²) >= 11 is 3.42. The predicted molar refractivity (Wildman–Crippen MR) is 82.8 cm³/mol. The molecule has 0 aliphatic heterocycles. The van der Waals surface area contributed by atoms with Gasteiger partial charge in [0, 0.05) is 10.0 Å². The summed E-state index contributed by atoms with van der Waals surface area (Å²) < 4.78 is 11.9. The third-order valence-corrected chi connectivity index (χ3v) is 3.41. The van der Waals surface area contributed by atoms with Crippen molar-refractivity contribution in [1.82, 2.24) is 0 Å². The average molecular weight is 351 g/mol. The van der Waals surface area contributed by atoms with Crippen molar-refractivity contribution in [1.29, 1.82) is 0 Å². The number of rotatable bonds is 6. The Morgan fingerprint density at radius 2 is 1.90 bits per heavy atom. The van der Waals surface area contributed by atoms with Gasteiger partial charge < -0.3 is 14.6 Å². The smallest absolute Gasteiger partial charge is 0.307 e. The van der Waals surface area contributed by atoms with E-state index in [0.717, 1.165) is 21.3 Å². The number of hydrogen-bond acceptors (Lipinski definition) is 3. The molecule has 5 heteroatoms. The zero-order valence-corrected chi connectivity index (χ0v) is 13.1. The van der Waals surface area contributed by atoms with Crippen molar-refractivity contribution in [2.24, 2.45) is 0 Å². The molecule has 0 bridgehead atoms. The van der Waals surface area contributed by atoms with Crippen LogP contribution in [0.15, 0.2) is 46.9 Å². The molecule has 2 aromatic carbocycles. The van der Waals surface area contributed by atoms with Crippen LogP contribution in [0.2, 0.25) is 0 Å². The van der Waals surface area contributed by atoms with E-state index >= 15 is 0 Å². The molecule has 1 N–H and O–H groups in total. The molecule has 0 aliphatic rings. The Kier molecular flexibility index (Phi) is 5.22. The van der Waals surface area contributed by atoms with E-state index in [4.69, 9.17) is 14.6 Å². The van der Waals surface area contributed by atoms with Crippen molar-refractivity contribution >= 4 is 21.9 Å². The lowest BCUT2D eigenvalue weighted by Crippen LogP contribution is -2.01. The first-order valence-electron chi connectivity index (χ1n) is 6.34. The molecule has 0 atom stereocenters. The summed E-state index contributed by atoms with van der Waals surface area (Å²) in [5.74, 6) is 0.606. The fraction of sp³-hybridized carbons (Fsp3) is 0.188. The van der Waals surface area contributed by atoms with Gasteiger partial charge in [-0.3, -0.25) is 4.79 Å². The van der Waals surface area contributed by atoms with Gasteiger partial charge in [-0.05, 0) is 35.9 Å². The molecule has 2 aromatic rings. The largest absolute Gasteiger partial charge is 0.496 e. The number of ether oxygens (including phenoxy) is 2. The van der Waals surface area contributed by atoms with E-state index in [1.165, 1.54) is 0 Å². The number of methoxy groups -OCH3 is 1. The summed E-state index contributed by atoms with van der Waals surface area (Å²) in [5.41, 5.74) is 1.68. The standard InChI is InChI=1S/C16H15BrO4/c1-20-15-7-4-13(17)9-12(15)10-21-14-5-2-11(3-6-14)8-16(18)19/h2-7,9H,8,10H2,1H3,(H,18,19). The number of halogens is 1. The molecule has 0 heterocycles. The van der Waals surface area contributed by atoms with Crippen LogP contribution in [-0.4, -0.2) is 18.2 Å². The van der Waals surface area contributed by atoms with Gasteiger partial charge in [-0.15, -0.1) is 0 Å². The van der Waals surface area contributed by atoms with E-state index in [2.05, 4.69) is 15.9 Å². The molecule has 0 radical (unpaired) electrons. The van der Waals surface area contributed by atoms with Gasteiger partial charge in [-0.2, -0.15) is 0 Å². The lowest BCUT2D eigenvalue weighted by molar-refractivity contribution is -0.136. The van der Waals surface area contributed by atoms with Crippen molar-refractivity contribution in [2.75, 3.05) is 7.11 Å². The topological polar surface area (TPSA) is 55.8 Å².